The van der Waals surface area contributed by atoms with Gasteiger partial charge >= 0.3 is 5.63 Å². The molecule has 136 valence electrons. The van der Waals surface area contributed by atoms with Gasteiger partial charge in [-0.05, 0) is 49.7 Å². The smallest absolute Gasteiger partial charge is 0.336 e. The molecule has 3 rings (SSSR count). The van der Waals surface area contributed by atoms with Crippen LogP contribution in [0.5, 0.6) is 5.75 Å². The zero-order chi connectivity index (χ0) is 18.7. The minimum Gasteiger partial charge on any atom is -0.492 e. The number of rotatable bonds is 6. The molecule has 0 fully saturated rings. The minimum absolute atomic E-state index is 0.316. The van der Waals surface area contributed by atoms with E-state index in [1.54, 1.807) is 18.2 Å². The summed E-state index contributed by atoms with van der Waals surface area (Å²) in [5, 5.41) is 0.950. The van der Waals surface area contributed by atoms with Crippen molar-refractivity contribution in [3.05, 3.63) is 75.4 Å². The molecule has 0 unspecified atom stereocenters. The standard InChI is InChI=1S/C21H22FNO3/c1-14-7-8-19-16(11-20(24)26-21(19)15(14)2)13-23(3)9-10-25-18-6-4-5-17(22)12-18/h4-8,11-12H,9-10,13H2,1-3H3. The van der Waals surface area contributed by atoms with Crippen LogP contribution in [0.3, 0.4) is 0 Å². The highest BCUT2D eigenvalue weighted by Crippen LogP contribution is 2.24. The van der Waals surface area contributed by atoms with Crippen LogP contribution in [0, 0.1) is 19.7 Å². The predicted molar refractivity (Wildman–Crippen MR) is 100 cm³/mol. The molecule has 26 heavy (non-hydrogen) atoms. The summed E-state index contributed by atoms with van der Waals surface area (Å²) in [6, 6.07) is 11.7. The van der Waals surface area contributed by atoms with Crippen LogP contribution in [-0.4, -0.2) is 25.1 Å². The third-order valence-corrected chi connectivity index (χ3v) is 4.50. The molecular weight excluding hydrogens is 333 g/mol. The first-order chi connectivity index (χ1) is 12.4. The van der Waals surface area contributed by atoms with Gasteiger partial charge in [0.15, 0.2) is 0 Å². The van der Waals surface area contributed by atoms with Crippen molar-refractivity contribution in [3.63, 3.8) is 0 Å². The monoisotopic (exact) mass is 355 g/mol. The van der Waals surface area contributed by atoms with Crippen molar-refractivity contribution in [1.82, 2.24) is 4.90 Å². The average molecular weight is 355 g/mol. The van der Waals surface area contributed by atoms with Crippen LogP contribution in [0.2, 0.25) is 0 Å². The fourth-order valence-corrected chi connectivity index (χ4v) is 2.90. The largest absolute Gasteiger partial charge is 0.492 e. The minimum atomic E-state index is -0.342. The molecule has 0 spiro atoms. The van der Waals surface area contributed by atoms with Gasteiger partial charge in [0.1, 0.15) is 23.8 Å². The normalized spacial score (nSPS) is 11.3. The molecule has 0 N–H and O–H groups in total. The fourth-order valence-electron chi connectivity index (χ4n) is 2.90. The summed E-state index contributed by atoms with van der Waals surface area (Å²) in [5.41, 5.74) is 3.31. The Kier molecular flexibility index (Phi) is 5.38. The molecule has 0 aliphatic heterocycles. The van der Waals surface area contributed by atoms with Gasteiger partial charge in [-0.25, -0.2) is 9.18 Å². The molecule has 1 heterocycles. The van der Waals surface area contributed by atoms with E-state index in [4.69, 9.17) is 9.15 Å². The first-order valence-electron chi connectivity index (χ1n) is 8.54. The Hall–Kier alpha value is -2.66. The van der Waals surface area contributed by atoms with Crippen LogP contribution in [-0.2, 0) is 6.54 Å². The Morgan fingerprint density at radius 1 is 1.15 bits per heavy atom. The van der Waals surface area contributed by atoms with E-state index in [0.717, 1.165) is 22.1 Å². The van der Waals surface area contributed by atoms with Gasteiger partial charge in [0.05, 0.1) is 0 Å². The molecule has 0 saturated heterocycles. The molecular formula is C21H22FNO3. The van der Waals surface area contributed by atoms with Crippen molar-refractivity contribution < 1.29 is 13.5 Å². The molecule has 3 aromatic rings. The van der Waals surface area contributed by atoms with Gasteiger partial charge in [-0.1, -0.05) is 18.2 Å². The summed E-state index contributed by atoms with van der Waals surface area (Å²) in [7, 11) is 1.95. The first kappa shape index (κ1) is 18.1. The lowest BCUT2D eigenvalue weighted by atomic mass is 10.0. The van der Waals surface area contributed by atoms with Gasteiger partial charge < -0.3 is 9.15 Å². The molecule has 0 saturated carbocycles. The summed E-state index contributed by atoms with van der Waals surface area (Å²) in [5.74, 6) is 0.194. The number of nitrogens with zero attached hydrogens (tertiary/aromatic N) is 1. The molecule has 0 amide bonds. The average Bonchev–Trinajstić information content (AvgIpc) is 2.58. The zero-order valence-corrected chi connectivity index (χ0v) is 15.2. The summed E-state index contributed by atoms with van der Waals surface area (Å²) in [4.78, 5) is 14.0. The number of halogens is 1. The Bertz CT molecular complexity index is 981. The lowest BCUT2D eigenvalue weighted by Gasteiger charge is -2.18. The van der Waals surface area contributed by atoms with E-state index < -0.39 is 0 Å². The third kappa shape index (κ3) is 4.11. The Balaban J connectivity index is 1.70. The Labute approximate surface area is 151 Å². The van der Waals surface area contributed by atoms with Gasteiger partial charge in [0.2, 0.25) is 0 Å². The summed E-state index contributed by atoms with van der Waals surface area (Å²) < 4.78 is 24.1. The quantitative estimate of drug-likeness (QED) is 0.626. The molecule has 2 aromatic carbocycles. The van der Waals surface area contributed by atoms with Crippen molar-refractivity contribution >= 4 is 11.0 Å². The fraction of sp³-hybridized carbons (Fsp3) is 0.286. The van der Waals surface area contributed by atoms with Crippen molar-refractivity contribution in [2.24, 2.45) is 0 Å². The Morgan fingerprint density at radius 3 is 2.73 bits per heavy atom. The molecule has 0 aliphatic carbocycles. The van der Waals surface area contributed by atoms with Gasteiger partial charge in [-0.3, -0.25) is 4.90 Å². The SMILES string of the molecule is Cc1ccc2c(CN(C)CCOc3cccc(F)c3)cc(=O)oc2c1C. The lowest BCUT2D eigenvalue weighted by Crippen LogP contribution is -2.24. The number of fused-ring (bicyclic) bond motifs is 1. The van der Waals surface area contributed by atoms with Crippen molar-refractivity contribution in [2.45, 2.75) is 20.4 Å². The Morgan fingerprint density at radius 2 is 1.96 bits per heavy atom. The van der Waals surface area contributed by atoms with Crippen LogP contribution < -0.4 is 10.4 Å². The number of hydrogen-bond acceptors (Lipinski definition) is 4. The second kappa shape index (κ2) is 7.70. The van der Waals surface area contributed by atoms with Crippen LogP contribution >= 0.6 is 0 Å². The topological polar surface area (TPSA) is 42.7 Å². The number of likely N-dealkylation sites (N-methyl/N-ethyl adjacent to an activating group) is 1. The molecule has 5 heteroatoms. The second-order valence-corrected chi connectivity index (χ2v) is 6.52. The van der Waals surface area contributed by atoms with Gasteiger partial charge in [0.25, 0.3) is 0 Å². The highest BCUT2D eigenvalue weighted by atomic mass is 19.1. The third-order valence-electron chi connectivity index (χ3n) is 4.50. The second-order valence-electron chi connectivity index (χ2n) is 6.52. The van der Waals surface area contributed by atoms with Crippen molar-refractivity contribution in [1.29, 1.82) is 0 Å². The molecule has 0 atom stereocenters. The number of hydrogen-bond donors (Lipinski definition) is 0. The van der Waals surface area contributed by atoms with Gasteiger partial charge in [-0.15, -0.1) is 0 Å². The number of ether oxygens (including phenoxy) is 1. The number of benzene rings is 2. The molecule has 1 aromatic heterocycles. The molecule has 0 radical (unpaired) electrons. The predicted octanol–water partition coefficient (Wildman–Crippen LogP) is 4.06. The van der Waals surface area contributed by atoms with Crippen LogP contribution in [0.4, 0.5) is 4.39 Å². The van der Waals surface area contributed by atoms with Crippen LogP contribution in [0.1, 0.15) is 16.7 Å². The maximum atomic E-state index is 13.2. The molecule has 0 bridgehead atoms. The van der Waals surface area contributed by atoms with Gasteiger partial charge in [-0.2, -0.15) is 0 Å². The van der Waals surface area contributed by atoms with Gasteiger partial charge in [0, 0.05) is 30.6 Å². The zero-order valence-electron chi connectivity index (χ0n) is 15.2. The molecule has 0 aliphatic rings. The van der Waals surface area contributed by atoms with E-state index >= 15 is 0 Å². The highest BCUT2D eigenvalue weighted by Gasteiger charge is 2.11. The summed E-state index contributed by atoms with van der Waals surface area (Å²) >= 11 is 0. The van der Waals surface area contributed by atoms with Crippen LogP contribution in [0.25, 0.3) is 11.0 Å². The van der Waals surface area contributed by atoms with E-state index in [-0.39, 0.29) is 11.4 Å². The van der Waals surface area contributed by atoms with Crippen molar-refractivity contribution in [2.75, 3.05) is 20.2 Å². The van der Waals surface area contributed by atoms with E-state index in [9.17, 15) is 9.18 Å². The summed E-state index contributed by atoms with van der Waals surface area (Å²) in [6.07, 6.45) is 0. The maximum absolute atomic E-state index is 13.2. The van der Waals surface area contributed by atoms with Crippen LogP contribution in [0.15, 0.2) is 51.7 Å². The summed E-state index contributed by atoms with van der Waals surface area (Å²) in [6.45, 7) is 5.62. The molecule has 4 nitrogen and oxygen atoms in total. The first-order valence-corrected chi connectivity index (χ1v) is 8.54. The van der Waals surface area contributed by atoms with E-state index in [1.165, 1.54) is 12.1 Å². The lowest BCUT2D eigenvalue weighted by molar-refractivity contribution is 0.232. The van der Waals surface area contributed by atoms with Crippen molar-refractivity contribution in [3.8, 4) is 5.75 Å². The highest BCUT2D eigenvalue weighted by molar-refractivity contribution is 5.83. The van der Waals surface area contributed by atoms with E-state index in [2.05, 4.69) is 4.90 Å². The van der Waals surface area contributed by atoms with E-state index in [1.807, 2.05) is 33.0 Å². The van der Waals surface area contributed by atoms with E-state index in [0.29, 0.717) is 31.0 Å². The maximum Gasteiger partial charge on any atom is 0.336 e. The number of aryl methyl sites for hydroxylation is 2.